The number of rotatable bonds is 1. The van der Waals surface area contributed by atoms with Crippen LogP contribution in [0.5, 0.6) is 5.75 Å². The SMILES string of the molecule is CC(C)(C)N1CCN(C(=O)c2ccc(I)c(O)c2)CC1. The van der Waals surface area contributed by atoms with Gasteiger partial charge in [0, 0.05) is 37.3 Å². The fourth-order valence-corrected chi connectivity index (χ4v) is 2.74. The molecule has 20 heavy (non-hydrogen) atoms. The molecule has 0 aromatic heterocycles. The normalized spacial score (nSPS) is 17.3. The predicted octanol–water partition coefficient (Wildman–Crippen LogP) is 2.55. The molecule has 0 aliphatic carbocycles. The minimum absolute atomic E-state index is 0.00487. The Bertz CT molecular complexity index is 503. The van der Waals surface area contributed by atoms with Gasteiger partial charge in [0.05, 0.1) is 3.57 Å². The van der Waals surface area contributed by atoms with Crippen molar-refractivity contribution in [3.63, 3.8) is 0 Å². The zero-order valence-electron chi connectivity index (χ0n) is 12.2. The lowest BCUT2D eigenvalue weighted by Crippen LogP contribution is -2.54. The van der Waals surface area contributed by atoms with Gasteiger partial charge in [-0.1, -0.05) is 0 Å². The van der Waals surface area contributed by atoms with Gasteiger partial charge in [-0.05, 0) is 61.6 Å². The molecule has 0 radical (unpaired) electrons. The molecule has 0 saturated carbocycles. The molecule has 0 unspecified atom stereocenters. The summed E-state index contributed by atoms with van der Waals surface area (Å²) in [6.45, 7) is 9.85. The molecule has 4 nitrogen and oxygen atoms in total. The smallest absolute Gasteiger partial charge is 0.254 e. The molecule has 1 aromatic rings. The fraction of sp³-hybridized carbons (Fsp3) is 0.533. The van der Waals surface area contributed by atoms with E-state index in [0.717, 1.165) is 29.7 Å². The summed E-state index contributed by atoms with van der Waals surface area (Å²) in [5.41, 5.74) is 0.711. The molecule has 1 aliphatic rings. The molecule has 1 N–H and O–H groups in total. The van der Waals surface area contributed by atoms with Gasteiger partial charge in [0.25, 0.3) is 5.91 Å². The second kappa shape index (κ2) is 5.89. The highest BCUT2D eigenvalue weighted by Crippen LogP contribution is 2.22. The average Bonchev–Trinajstić information content (AvgIpc) is 2.40. The Labute approximate surface area is 133 Å². The number of hydrogen-bond donors (Lipinski definition) is 1. The first kappa shape index (κ1) is 15.6. The van der Waals surface area contributed by atoms with Crippen LogP contribution in [0.2, 0.25) is 0 Å². The van der Waals surface area contributed by atoms with Crippen LogP contribution in [0.3, 0.4) is 0 Å². The molecule has 0 spiro atoms. The van der Waals surface area contributed by atoms with Crippen molar-refractivity contribution in [1.29, 1.82) is 0 Å². The van der Waals surface area contributed by atoms with Crippen LogP contribution in [0.1, 0.15) is 31.1 Å². The lowest BCUT2D eigenvalue weighted by atomic mass is 10.0. The van der Waals surface area contributed by atoms with Crippen LogP contribution in [0, 0.1) is 3.57 Å². The van der Waals surface area contributed by atoms with E-state index < -0.39 is 0 Å². The van der Waals surface area contributed by atoms with Gasteiger partial charge in [0.2, 0.25) is 0 Å². The van der Waals surface area contributed by atoms with Crippen molar-refractivity contribution in [3.8, 4) is 5.75 Å². The summed E-state index contributed by atoms with van der Waals surface area (Å²) >= 11 is 2.05. The summed E-state index contributed by atoms with van der Waals surface area (Å²) in [4.78, 5) is 16.7. The van der Waals surface area contributed by atoms with E-state index in [2.05, 4.69) is 25.7 Å². The minimum Gasteiger partial charge on any atom is -0.507 e. The van der Waals surface area contributed by atoms with Gasteiger partial charge in [-0.3, -0.25) is 9.69 Å². The molecule has 110 valence electrons. The van der Waals surface area contributed by atoms with Crippen LogP contribution in [-0.2, 0) is 0 Å². The molecule has 0 bridgehead atoms. The quantitative estimate of drug-likeness (QED) is 0.753. The third-order valence-corrected chi connectivity index (χ3v) is 4.62. The van der Waals surface area contributed by atoms with E-state index in [1.165, 1.54) is 0 Å². The zero-order chi connectivity index (χ0) is 14.9. The van der Waals surface area contributed by atoms with Crippen molar-refractivity contribution >= 4 is 28.5 Å². The van der Waals surface area contributed by atoms with E-state index in [1.807, 2.05) is 27.5 Å². The summed E-state index contributed by atoms with van der Waals surface area (Å²) in [5.74, 6) is 0.176. The fourth-order valence-electron chi connectivity index (χ4n) is 2.41. The highest BCUT2D eigenvalue weighted by Gasteiger charge is 2.28. The van der Waals surface area contributed by atoms with E-state index in [0.29, 0.717) is 5.56 Å². The first-order valence-electron chi connectivity index (χ1n) is 6.82. The van der Waals surface area contributed by atoms with Gasteiger partial charge in [0.1, 0.15) is 5.75 Å². The number of amides is 1. The summed E-state index contributed by atoms with van der Waals surface area (Å²) < 4.78 is 0.761. The number of hydrogen-bond acceptors (Lipinski definition) is 3. The summed E-state index contributed by atoms with van der Waals surface area (Å²) in [5, 5.41) is 9.71. The molecule has 1 fully saturated rings. The number of nitrogens with zero attached hydrogens (tertiary/aromatic N) is 2. The maximum atomic E-state index is 12.4. The Morgan fingerprint density at radius 2 is 1.80 bits per heavy atom. The Balaban J connectivity index is 2.03. The molecular formula is C15H21IN2O2. The molecule has 1 saturated heterocycles. The number of carbonyl (C=O) groups excluding carboxylic acids is 1. The van der Waals surface area contributed by atoms with Crippen molar-refractivity contribution in [2.24, 2.45) is 0 Å². The van der Waals surface area contributed by atoms with Gasteiger partial charge < -0.3 is 10.0 Å². The number of phenolic OH excluding ortho intramolecular Hbond substituents is 1. The number of benzene rings is 1. The van der Waals surface area contributed by atoms with Crippen molar-refractivity contribution < 1.29 is 9.90 Å². The van der Waals surface area contributed by atoms with Crippen LogP contribution in [0.15, 0.2) is 18.2 Å². The van der Waals surface area contributed by atoms with E-state index >= 15 is 0 Å². The van der Waals surface area contributed by atoms with Crippen LogP contribution < -0.4 is 0 Å². The Morgan fingerprint density at radius 1 is 1.20 bits per heavy atom. The standard InChI is InChI=1S/C15H21IN2O2/c1-15(2,3)18-8-6-17(7-9-18)14(20)11-4-5-12(16)13(19)10-11/h4-5,10,19H,6-9H2,1-3H3. The third-order valence-electron chi connectivity index (χ3n) is 3.71. The highest BCUT2D eigenvalue weighted by atomic mass is 127. The number of piperazine rings is 1. The predicted molar refractivity (Wildman–Crippen MR) is 88.1 cm³/mol. The van der Waals surface area contributed by atoms with Crippen LogP contribution >= 0.6 is 22.6 Å². The number of carbonyl (C=O) groups is 1. The second-order valence-corrected chi connectivity index (χ2v) is 7.28. The zero-order valence-corrected chi connectivity index (χ0v) is 14.3. The van der Waals surface area contributed by atoms with Crippen molar-refractivity contribution in [2.75, 3.05) is 26.2 Å². The summed E-state index contributed by atoms with van der Waals surface area (Å²) in [6, 6.07) is 5.11. The first-order valence-corrected chi connectivity index (χ1v) is 7.90. The van der Waals surface area contributed by atoms with E-state index in [9.17, 15) is 9.90 Å². The molecule has 1 aromatic carbocycles. The molecule has 2 rings (SSSR count). The van der Waals surface area contributed by atoms with Crippen LogP contribution in [0.4, 0.5) is 0 Å². The Morgan fingerprint density at radius 3 is 2.30 bits per heavy atom. The van der Waals surface area contributed by atoms with Gasteiger partial charge in [0.15, 0.2) is 0 Å². The van der Waals surface area contributed by atoms with Crippen LogP contribution in [0.25, 0.3) is 0 Å². The molecule has 1 aliphatic heterocycles. The van der Waals surface area contributed by atoms with Crippen LogP contribution in [-0.4, -0.2) is 52.5 Å². The molecule has 1 amide bonds. The van der Waals surface area contributed by atoms with Crippen molar-refractivity contribution in [3.05, 3.63) is 27.3 Å². The summed E-state index contributed by atoms with van der Waals surface area (Å²) in [7, 11) is 0. The minimum atomic E-state index is 0.00487. The number of aromatic hydroxyl groups is 1. The molecule has 5 heteroatoms. The maximum absolute atomic E-state index is 12.4. The highest BCUT2D eigenvalue weighted by molar-refractivity contribution is 14.1. The number of halogens is 1. The van der Waals surface area contributed by atoms with Gasteiger partial charge in [-0.15, -0.1) is 0 Å². The molecular weight excluding hydrogens is 367 g/mol. The summed E-state index contributed by atoms with van der Waals surface area (Å²) in [6.07, 6.45) is 0. The van der Waals surface area contributed by atoms with Crippen molar-refractivity contribution in [2.45, 2.75) is 26.3 Å². The van der Waals surface area contributed by atoms with Gasteiger partial charge in [-0.25, -0.2) is 0 Å². The third kappa shape index (κ3) is 3.44. The van der Waals surface area contributed by atoms with Crippen molar-refractivity contribution in [1.82, 2.24) is 9.80 Å². The van der Waals surface area contributed by atoms with E-state index in [1.54, 1.807) is 18.2 Å². The maximum Gasteiger partial charge on any atom is 0.254 e. The lowest BCUT2D eigenvalue weighted by molar-refractivity contribution is 0.0451. The van der Waals surface area contributed by atoms with E-state index in [-0.39, 0.29) is 17.2 Å². The average molecular weight is 388 g/mol. The lowest BCUT2D eigenvalue weighted by Gasteiger charge is -2.42. The Kier molecular flexibility index (Phi) is 4.59. The van der Waals surface area contributed by atoms with E-state index in [4.69, 9.17) is 0 Å². The molecule has 0 atom stereocenters. The second-order valence-electron chi connectivity index (χ2n) is 6.12. The van der Waals surface area contributed by atoms with Gasteiger partial charge in [-0.2, -0.15) is 0 Å². The van der Waals surface area contributed by atoms with Gasteiger partial charge >= 0.3 is 0 Å². The topological polar surface area (TPSA) is 43.8 Å². The largest absolute Gasteiger partial charge is 0.507 e. The molecule has 1 heterocycles. The monoisotopic (exact) mass is 388 g/mol. The Hall–Kier alpha value is -0.820. The number of phenols is 1. The first-order chi connectivity index (χ1) is 9.29.